The largest absolute Gasteiger partial charge is 0.320 e. The fraction of sp³-hybridized carbons (Fsp3) is 0.409. The second kappa shape index (κ2) is 9.61. The van der Waals surface area contributed by atoms with E-state index in [1.165, 1.54) is 16.5 Å². The summed E-state index contributed by atoms with van der Waals surface area (Å²) < 4.78 is 30.2. The van der Waals surface area contributed by atoms with Crippen molar-refractivity contribution in [2.45, 2.75) is 58.6 Å². The molecule has 3 aromatic rings. The van der Waals surface area contributed by atoms with Gasteiger partial charge < -0.3 is 9.72 Å². The van der Waals surface area contributed by atoms with E-state index >= 15 is 0 Å². The third-order valence-electron chi connectivity index (χ3n) is 5.53. The first-order chi connectivity index (χ1) is 14.9. The molecule has 1 aliphatic rings. The molecule has 3 aromatic heterocycles. The molecule has 5 nitrogen and oxygen atoms in total. The van der Waals surface area contributed by atoms with Crippen molar-refractivity contribution in [2.75, 3.05) is 5.32 Å². The molecule has 162 valence electrons. The Bertz CT molecular complexity index is 1140. The number of hydrogen-bond acceptors (Lipinski definition) is 4. The van der Waals surface area contributed by atoms with Crippen molar-refractivity contribution >= 4 is 35.3 Å². The lowest BCUT2D eigenvalue weighted by Gasteiger charge is -2.27. The lowest BCUT2D eigenvalue weighted by atomic mass is 9.36. The molecule has 2 unspecified atom stereocenters. The number of rotatable bonds is 3. The fourth-order valence-corrected chi connectivity index (χ4v) is 5.10. The van der Waals surface area contributed by atoms with Gasteiger partial charge >= 0.3 is 0 Å². The summed E-state index contributed by atoms with van der Waals surface area (Å²) in [5.41, 5.74) is 1.06. The van der Waals surface area contributed by atoms with Gasteiger partial charge in [-0.3, -0.25) is 4.79 Å². The van der Waals surface area contributed by atoms with Gasteiger partial charge in [0.25, 0.3) is 12.6 Å². The Balaban J connectivity index is 0.00000132. The number of hydrogen-bond donors (Lipinski definition) is 1. The van der Waals surface area contributed by atoms with E-state index in [-0.39, 0.29) is 34.7 Å². The van der Waals surface area contributed by atoms with Crippen molar-refractivity contribution in [2.24, 2.45) is 0 Å². The lowest BCUT2D eigenvalue weighted by Crippen LogP contribution is -2.24. The highest BCUT2D eigenvalue weighted by Gasteiger charge is 2.33. The highest BCUT2D eigenvalue weighted by Crippen LogP contribution is 2.42. The highest BCUT2D eigenvalue weighted by molar-refractivity contribution is 7.14. The Kier molecular flexibility index (Phi) is 7.11. The van der Waals surface area contributed by atoms with E-state index in [1.807, 2.05) is 20.8 Å². The molecule has 0 aliphatic carbocycles. The third-order valence-corrected chi connectivity index (χ3v) is 6.81. The second-order valence-corrected chi connectivity index (χ2v) is 8.78. The zero-order chi connectivity index (χ0) is 22.7. The zero-order valence-electron chi connectivity index (χ0n) is 18.1. The van der Waals surface area contributed by atoms with E-state index in [4.69, 9.17) is 0 Å². The molecule has 0 radical (unpaired) electrons. The first-order valence-corrected chi connectivity index (χ1v) is 11.3. The van der Waals surface area contributed by atoms with Gasteiger partial charge in [-0.2, -0.15) is 0 Å². The number of thiophene rings is 1. The minimum atomic E-state index is -0.604. The number of carbonyl (C=O) groups is 1. The van der Waals surface area contributed by atoms with Crippen LogP contribution in [0.5, 0.6) is 0 Å². The smallest absolute Gasteiger partial charge is 0.270 e. The molecule has 4 rings (SSSR count). The first kappa shape index (κ1) is 22.9. The van der Waals surface area contributed by atoms with Gasteiger partial charge in [0.05, 0.1) is 11.4 Å². The number of fused-ring (bicyclic) bond motifs is 1. The molecule has 1 saturated heterocycles. The number of aromatic nitrogens is 2. The molecule has 0 spiro atoms. The second-order valence-electron chi connectivity index (χ2n) is 7.69. The monoisotopic (exact) mass is 442 g/mol. The Morgan fingerprint density at radius 2 is 2.06 bits per heavy atom. The number of nitriles is 1. The van der Waals surface area contributed by atoms with Crippen LogP contribution in [0.25, 0.3) is 5.65 Å². The molecule has 31 heavy (non-hydrogen) atoms. The number of anilines is 1. The molecular formula is C22H25BF2N4OS. The number of amides is 1. The van der Waals surface area contributed by atoms with Crippen LogP contribution in [-0.4, -0.2) is 22.0 Å². The predicted octanol–water partition coefficient (Wildman–Crippen LogP) is 6.09. The summed E-state index contributed by atoms with van der Waals surface area (Å²) in [6.45, 7) is 7.83. The molecule has 1 amide bonds. The van der Waals surface area contributed by atoms with E-state index in [0.29, 0.717) is 5.69 Å². The standard InChI is InChI=1S/C20H19BF2N4OS.C2H6/c1-11-5-13(3-4-21(11)10-24)17-7-15(22)18(29-17)20(28)26-14-6-16(23)19-25-12(2)8-27(19)9-14;1-2/h6-9,11,13H,3-5H2,1-2H3,(H,26,28);1-2H3. The molecular weight excluding hydrogens is 417 g/mol. The Hall–Kier alpha value is -2.73. The number of halogens is 2. The van der Waals surface area contributed by atoms with Crippen molar-refractivity contribution in [1.29, 1.82) is 5.26 Å². The molecule has 0 bridgehead atoms. The van der Waals surface area contributed by atoms with Crippen molar-refractivity contribution in [1.82, 2.24) is 9.38 Å². The molecule has 1 fully saturated rings. The number of pyridine rings is 1. The van der Waals surface area contributed by atoms with Crippen LogP contribution in [0.3, 0.4) is 0 Å². The molecule has 1 N–H and O–H groups in total. The molecule has 1 aliphatic heterocycles. The maximum absolute atomic E-state index is 14.5. The Morgan fingerprint density at radius 3 is 2.74 bits per heavy atom. The summed E-state index contributed by atoms with van der Waals surface area (Å²) in [4.78, 5) is 17.5. The Labute approximate surface area is 185 Å². The molecule has 0 saturated carbocycles. The topological polar surface area (TPSA) is 70.2 Å². The van der Waals surface area contributed by atoms with Gasteiger partial charge in [0.1, 0.15) is 10.7 Å². The van der Waals surface area contributed by atoms with Gasteiger partial charge in [0.2, 0.25) is 0 Å². The summed E-state index contributed by atoms with van der Waals surface area (Å²) in [5.74, 6) is 0.992. The van der Waals surface area contributed by atoms with E-state index in [0.717, 1.165) is 35.4 Å². The average Bonchev–Trinajstić information content (AvgIpc) is 3.32. The van der Waals surface area contributed by atoms with E-state index in [1.54, 1.807) is 19.3 Å². The quantitative estimate of drug-likeness (QED) is 0.500. The highest BCUT2D eigenvalue weighted by atomic mass is 32.1. The summed E-state index contributed by atoms with van der Waals surface area (Å²) in [5, 5.41) is 11.8. The molecule has 9 heteroatoms. The maximum Gasteiger partial charge on any atom is 0.270 e. The van der Waals surface area contributed by atoms with Crippen LogP contribution in [0.2, 0.25) is 12.1 Å². The van der Waals surface area contributed by atoms with Gasteiger partial charge in [0.15, 0.2) is 11.5 Å². The predicted molar refractivity (Wildman–Crippen MR) is 121 cm³/mol. The maximum atomic E-state index is 14.5. The van der Waals surface area contributed by atoms with Crippen molar-refractivity contribution < 1.29 is 13.6 Å². The summed E-state index contributed by atoms with van der Waals surface area (Å²) in [7, 11) is 0. The van der Waals surface area contributed by atoms with Crippen LogP contribution < -0.4 is 5.32 Å². The van der Waals surface area contributed by atoms with Crippen LogP contribution in [-0.2, 0) is 0 Å². The summed E-state index contributed by atoms with van der Waals surface area (Å²) >= 11 is 1.13. The van der Waals surface area contributed by atoms with Crippen molar-refractivity contribution in [3.8, 4) is 5.97 Å². The van der Waals surface area contributed by atoms with E-state index in [9.17, 15) is 18.8 Å². The molecule has 0 aromatic carbocycles. The molecule has 2 atom stereocenters. The van der Waals surface area contributed by atoms with Crippen LogP contribution in [0.4, 0.5) is 14.5 Å². The third kappa shape index (κ3) is 4.80. The number of imidazole rings is 1. The minimum absolute atomic E-state index is 0.0163. The van der Waals surface area contributed by atoms with E-state index < -0.39 is 17.5 Å². The fourth-order valence-electron chi connectivity index (χ4n) is 4.02. The van der Waals surface area contributed by atoms with Gasteiger partial charge in [-0.05, 0) is 31.1 Å². The van der Waals surface area contributed by atoms with Crippen LogP contribution in [0.1, 0.15) is 59.8 Å². The van der Waals surface area contributed by atoms with Gasteiger partial charge in [0, 0.05) is 29.3 Å². The Morgan fingerprint density at radius 1 is 1.32 bits per heavy atom. The average molecular weight is 442 g/mol. The SMILES string of the molecule is CC.Cc1cn2cc(NC(=O)c3sc(C4CCB(C#N)C(C)C4)cc3F)cc(F)c2n1. The van der Waals surface area contributed by atoms with E-state index in [2.05, 4.69) is 16.3 Å². The van der Waals surface area contributed by atoms with Crippen LogP contribution in [0.15, 0.2) is 24.5 Å². The molecule has 4 heterocycles. The number of nitrogens with zero attached hydrogens (tertiary/aromatic N) is 3. The summed E-state index contributed by atoms with van der Waals surface area (Å²) in [6.07, 6.45) is 5.60. The minimum Gasteiger partial charge on any atom is -0.320 e. The van der Waals surface area contributed by atoms with Crippen molar-refractivity contribution in [3.63, 3.8) is 0 Å². The number of nitrogens with one attached hydrogen (secondary N) is 1. The number of aryl methyl sites for hydroxylation is 1. The first-order valence-electron chi connectivity index (χ1n) is 10.5. The van der Waals surface area contributed by atoms with Gasteiger partial charge in [-0.15, -0.1) is 11.3 Å². The number of carbonyl (C=O) groups excluding carboxylic acids is 1. The van der Waals surface area contributed by atoms with Crippen LogP contribution in [0, 0.1) is 29.8 Å². The summed E-state index contributed by atoms with van der Waals surface area (Å²) in [6, 6.07) is 2.60. The normalized spacial score (nSPS) is 18.3. The zero-order valence-corrected chi connectivity index (χ0v) is 18.9. The van der Waals surface area contributed by atoms with Gasteiger partial charge in [-0.25, -0.2) is 19.0 Å². The van der Waals surface area contributed by atoms with Gasteiger partial charge in [-0.1, -0.05) is 33.5 Å². The lowest BCUT2D eigenvalue weighted by molar-refractivity contribution is 0.102. The van der Waals surface area contributed by atoms with Crippen molar-refractivity contribution in [3.05, 3.63) is 51.6 Å². The van der Waals surface area contributed by atoms with Crippen LogP contribution >= 0.6 is 11.3 Å².